The standard InChI is InChI=1S/C18H40O2Si/c1-6-8-9-10-11-12-13-14-15-16-17-18(3)20-21(4,5)19-7-2/h18H,6-17H2,1-5H3. The molecule has 0 N–H and O–H groups in total. The SMILES string of the molecule is CCCCCCCCCCCCC(C)O[Si](C)(C)OCC. The monoisotopic (exact) mass is 316 g/mol. The van der Waals surface area contributed by atoms with Gasteiger partial charge in [0.2, 0.25) is 0 Å². The van der Waals surface area contributed by atoms with Gasteiger partial charge >= 0.3 is 8.56 Å². The van der Waals surface area contributed by atoms with Crippen LogP contribution in [0.3, 0.4) is 0 Å². The van der Waals surface area contributed by atoms with Gasteiger partial charge in [-0.15, -0.1) is 0 Å². The minimum Gasteiger partial charge on any atom is -0.395 e. The van der Waals surface area contributed by atoms with Crippen molar-refractivity contribution in [1.82, 2.24) is 0 Å². The third-order valence-electron chi connectivity index (χ3n) is 3.94. The highest BCUT2D eigenvalue weighted by molar-refractivity contribution is 6.64. The molecule has 0 saturated carbocycles. The van der Waals surface area contributed by atoms with Crippen molar-refractivity contribution in [1.29, 1.82) is 0 Å². The molecule has 1 unspecified atom stereocenters. The number of hydrogen-bond donors (Lipinski definition) is 0. The predicted molar refractivity (Wildman–Crippen MR) is 96.1 cm³/mol. The van der Waals surface area contributed by atoms with E-state index in [-0.39, 0.29) is 0 Å². The second kappa shape index (κ2) is 13.8. The van der Waals surface area contributed by atoms with E-state index >= 15 is 0 Å². The first-order valence-corrected chi connectivity index (χ1v) is 12.1. The lowest BCUT2D eigenvalue weighted by Gasteiger charge is -2.26. The van der Waals surface area contributed by atoms with E-state index in [9.17, 15) is 0 Å². The Morgan fingerprint density at radius 1 is 0.762 bits per heavy atom. The van der Waals surface area contributed by atoms with Gasteiger partial charge in [-0.3, -0.25) is 0 Å². The minimum absolute atomic E-state index is 0.354. The van der Waals surface area contributed by atoms with Crippen LogP contribution in [0.5, 0.6) is 0 Å². The third kappa shape index (κ3) is 14.8. The van der Waals surface area contributed by atoms with Crippen molar-refractivity contribution < 1.29 is 8.85 Å². The van der Waals surface area contributed by atoms with Crippen molar-refractivity contribution in [3.63, 3.8) is 0 Å². The Morgan fingerprint density at radius 2 is 1.24 bits per heavy atom. The molecule has 0 rings (SSSR count). The van der Waals surface area contributed by atoms with Gasteiger partial charge in [-0.2, -0.15) is 0 Å². The molecule has 128 valence electrons. The molecular weight excluding hydrogens is 276 g/mol. The lowest BCUT2D eigenvalue weighted by molar-refractivity contribution is 0.128. The van der Waals surface area contributed by atoms with Gasteiger partial charge in [0.05, 0.1) is 0 Å². The molecule has 0 spiro atoms. The lowest BCUT2D eigenvalue weighted by atomic mass is 10.1. The summed E-state index contributed by atoms with van der Waals surface area (Å²) in [5.74, 6) is 0. The van der Waals surface area contributed by atoms with E-state index in [1.165, 1.54) is 70.6 Å². The molecule has 0 radical (unpaired) electrons. The van der Waals surface area contributed by atoms with Gasteiger partial charge in [-0.05, 0) is 33.4 Å². The van der Waals surface area contributed by atoms with Gasteiger partial charge in [-0.25, -0.2) is 0 Å². The van der Waals surface area contributed by atoms with Crippen molar-refractivity contribution in [3.05, 3.63) is 0 Å². The van der Waals surface area contributed by atoms with Gasteiger partial charge in [-0.1, -0.05) is 71.1 Å². The van der Waals surface area contributed by atoms with Crippen molar-refractivity contribution in [2.24, 2.45) is 0 Å². The largest absolute Gasteiger partial charge is 0.395 e. The first-order valence-electron chi connectivity index (χ1n) is 9.33. The molecule has 0 saturated heterocycles. The quantitative estimate of drug-likeness (QED) is 0.255. The van der Waals surface area contributed by atoms with Crippen LogP contribution in [-0.4, -0.2) is 21.3 Å². The zero-order chi connectivity index (χ0) is 16.0. The van der Waals surface area contributed by atoms with Gasteiger partial charge in [0, 0.05) is 12.7 Å². The average molecular weight is 317 g/mol. The lowest BCUT2D eigenvalue weighted by Crippen LogP contribution is -2.38. The molecule has 2 nitrogen and oxygen atoms in total. The minimum atomic E-state index is -1.86. The van der Waals surface area contributed by atoms with Crippen LogP contribution in [0.2, 0.25) is 13.1 Å². The molecule has 3 heteroatoms. The van der Waals surface area contributed by atoms with E-state index in [0.29, 0.717) is 6.10 Å². The molecular formula is C18H40O2Si. The van der Waals surface area contributed by atoms with Gasteiger partial charge < -0.3 is 8.85 Å². The van der Waals surface area contributed by atoms with Crippen LogP contribution < -0.4 is 0 Å². The van der Waals surface area contributed by atoms with Crippen LogP contribution >= 0.6 is 0 Å². The van der Waals surface area contributed by atoms with Crippen LogP contribution in [-0.2, 0) is 8.85 Å². The van der Waals surface area contributed by atoms with Crippen LogP contribution in [0.4, 0.5) is 0 Å². The normalized spacial score (nSPS) is 13.6. The summed E-state index contributed by atoms with van der Waals surface area (Å²) < 4.78 is 11.8. The van der Waals surface area contributed by atoms with Crippen molar-refractivity contribution in [2.45, 2.75) is 111 Å². The first kappa shape index (κ1) is 21.1. The second-order valence-electron chi connectivity index (χ2n) is 6.73. The summed E-state index contributed by atoms with van der Waals surface area (Å²) in [6, 6.07) is 0. The van der Waals surface area contributed by atoms with Crippen LogP contribution in [0.25, 0.3) is 0 Å². The zero-order valence-corrected chi connectivity index (χ0v) is 16.4. The Kier molecular flexibility index (Phi) is 13.9. The Balaban J connectivity index is 3.34. The number of rotatable bonds is 15. The molecule has 0 aromatic rings. The summed E-state index contributed by atoms with van der Waals surface area (Å²) in [4.78, 5) is 0. The van der Waals surface area contributed by atoms with Crippen LogP contribution in [0.1, 0.15) is 91.4 Å². The summed E-state index contributed by atoms with van der Waals surface area (Å²) in [6.07, 6.45) is 15.5. The fourth-order valence-corrected chi connectivity index (χ4v) is 4.69. The fraction of sp³-hybridized carbons (Fsp3) is 1.00. The van der Waals surface area contributed by atoms with Crippen molar-refractivity contribution >= 4 is 8.56 Å². The summed E-state index contributed by atoms with van der Waals surface area (Å²) in [5, 5.41) is 0. The van der Waals surface area contributed by atoms with E-state index in [2.05, 4.69) is 26.9 Å². The van der Waals surface area contributed by atoms with E-state index in [1.807, 2.05) is 6.92 Å². The Labute approximate surface area is 135 Å². The average Bonchev–Trinajstić information content (AvgIpc) is 2.40. The second-order valence-corrected chi connectivity index (χ2v) is 10.1. The van der Waals surface area contributed by atoms with Crippen LogP contribution in [0, 0.1) is 0 Å². The molecule has 0 aromatic heterocycles. The molecule has 0 aliphatic rings. The molecule has 0 aliphatic carbocycles. The maximum absolute atomic E-state index is 6.08. The number of unbranched alkanes of at least 4 members (excludes halogenated alkanes) is 9. The molecule has 0 heterocycles. The van der Waals surface area contributed by atoms with E-state index in [0.717, 1.165) is 6.61 Å². The number of hydrogen-bond acceptors (Lipinski definition) is 2. The molecule has 0 aliphatic heterocycles. The maximum Gasteiger partial charge on any atom is 0.331 e. The van der Waals surface area contributed by atoms with Gasteiger partial charge in [0.15, 0.2) is 0 Å². The summed E-state index contributed by atoms with van der Waals surface area (Å²) in [5.41, 5.74) is 0. The maximum atomic E-state index is 6.08. The Bertz CT molecular complexity index is 219. The molecule has 0 amide bonds. The third-order valence-corrected chi connectivity index (χ3v) is 5.90. The predicted octanol–water partition coefficient (Wildman–Crippen LogP) is 6.44. The van der Waals surface area contributed by atoms with Crippen molar-refractivity contribution in [3.8, 4) is 0 Å². The highest BCUT2D eigenvalue weighted by Crippen LogP contribution is 2.16. The van der Waals surface area contributed by atoms with E-state index in [1.54, 1.807) is 0 Å². The molecule has 0 fully saturated rings. The van der Waals surface area contributed by atoms with E-state index in [4.69, 9.17) is 8.85 Å². The Hall–Kier alpha value is 0.137. The fourth-order valence-electron chi connectivity index (χ4n) is 2.84. The van der Waals surface area contributed by atoms with Gasteiger partial charge in [0.1, 0.15) is 0 Å². The summed E-state index contributed by atoms with van der Waals surface area (Å²) in [6.45, 7) is 11.6. The topological polar surface area (TPSA) is 18.5 Å². The van der Waals surface area contributed by atoms with Crippen LogP contribution in [0.15, 0.2) is 0 Å². The molecule has 0 bridgehead atoms. The molecule has 1 atom stereocenters. The highest BCUT2D eigenvalue weighted by atomic mass is 28.4. The summed E-state index contributed by atoms with van der Waals surface area (Å²) in [7, 11) is -1.86. The highest BCUT2D eigenvalue weighted by Gasteiger charge is 2.26. The first-order chi connectivity index (χ1) is 10.0. The molecule has 21 heavy (non-hydrogen) atoms. The van der Waals surface area contributed by atoms with Gasteiger partial charge in [0.25, 0.3) is 0 Å². The van der Waals surface area contributed by atoms with E-state index < -0.39 is 8.56 Å². The zero-order valence-electron chi connectivity index (χ0n) is 15.4. The molecule has 0 aromatic carbocycles. The Morgan fingerprint density at radius 3 is 1.71 bits per heavy atom. The summed E-state index contributed by atoms with van der Waals surface area (Å²) >= 11 is 0. The smallest absolute Gasteiger partial charge is 0.331 e. The van der Waals surface area contributed by atoms with Crippen molar-refractivity contribution in [2.75, 3.05) is 6.61 Å².